The molecule has 1 amide bonds. The van der Waals surface area contributed by atoms with Gasteiger partial charge in [0, 0.05) is 48.0 Å². The van der Waals surface area contributed by atoms with E-state index in [1.807, 2.05) is 18.2 Å². The second kappa shape index (κ2) is 8.30. The number of carbonyl (C=O) groups excluding carboxylic acids is 1. The van der Waals surface area contributed by atoms with E-state index in [1.54, 1.807) is 0 Å². The highest BCUT2D eigenvalue weighted by Gasteiger charge is 2.12. The van der Waals surface area contributed by atoms with Crippen LogP contribution in [0, 0.1) is 0 Å². The van der Waals surface area contributed by atoms with E-state index in [2.05, 4.69) is 51.7 Å². The Hall–Kier alpha value is -2.75. The van der Waals surface area contributed by atoms with Gasteiger partial charge >= 0.3 is 0 Å². The third-order valence-corrected chi connectivity index (χ3v) is 5.38. The second-order valence-electron chi connectivity index (χ2n) is 7.36. The molecule has 0 saturated carbocycles. The van der Waals surface area contributed by atoms with Crippen molar-refractivity contribution in [2.24, 2.45) is 0 Å². The minimum absolute atomic E-state index is 0.0886. The molecule has 3 aromatic rings. The van der Waals surface area contributed by atoms with Crippen LogP contribution in [0.2, 0.25) is 0 Å². The molecular weight excluding hydrogens is 334 g/mol. The maximum absolute atomic E-state index is 12.4. The standard InChI is InChI=1S/C23H27N3O/c27-23(13-6-8-18-17-24-22-12-3-2-11-21(18)22)25-19-9-7-10-20(16-19)26-14-4-1-5-15-26/h2-3,7,9-12,16-17,24H,1,4-6,8,13-15H2,(H,25,27). The number of aromatic nitrogens is 1. The van der Waals surface area contributed by atoms with E-state index >= 15 is 0 Å². The van der Waals surface area contributed by atoms with Crippen molar-refractivity contribution in [3.8, 4) is 0 Å². The number of rotatable bonds is 6. The highest BCUT2D eigenvalue weighted by atomic mass is 16.1. The molecular formula is C23H27N3O. The molecule has 1 aromatic heterocycles. The number of benzene rings is 2. The summed E-state index contributed by atoms with van der Waals surface area (Å²) in [6, 6.07) is 16.6. The molecule has 4 heteroatoms. The fourth-order valence-electron chi connectivity index (χ4n) is 3.93. The number of aryl methyl sites for hydroxylation is 1. The molecule has 2 heterocycles. The third kappa shape index (κ3) is 4.33. The van der Waals surface area contributed by atoms with Crippen LogP contribution >= 0.6 is 0 Å². The zero-order valence-corrected chi connectivity index (χ0v) is 15.7. The van der Waals surface area contributed by atoms with Gasteiger partial charge in [-0.2, -0.15) is 0 Å². The van der Waals surface area contributed by atoms with Crippen LogP contribution < -0.4 is 10.2 Å². The van der Waals surface area contributed by atoms with E-state index in [0.29, 0.717) is 6.42 Å². The summed E-state index contributed by atoms with van der Waals surface area (Å²) >= 11 is 0. The zero-order chi connectivity index (χ0) is 18.5. The fraction of sp³-hybridized carbons (Fsp3) is 0.348. The Morgan fingerprint density at radius 2 is 1.89 bits per heavy atom. The predicted octanol–water partition coefficient (Wildman–Crippen LogP) is 5.12. The normalized spacial score (nSPS) is 14.4. The van der Waals surface area contributed by atoms with E-state index < -0.39 is 0 Å². The van der Waals surface area contributed by atoms with Crippen LogP contribution in [-0.4, -0.2) is 24.0 Å². The first-order chi connectivity index (χ1) is 13.3. The molecule has 2 N–H and O–H groups in total. The predicted molar refractivity (Wildman–Crippen MR) is 112 cm³/mol. The number of hydrogen-bond donors (Lipinski definition) is 2. The first-order valence-electron chi connectivity index (χ1n) is 9.99. The number of fused-ring (bicyclic) bond motifs is 1. The van der Waals surface area contributed by atoms with Gasteiger partial charge in [-0.15, -0.1) is 0 Å². The van der Waals surface area contributed by atoms with Crippen molar-refractivity contribution in [2.45, 2.75) is 38.5 Å². The van der Waals surface area contributed by atoms with Gasteiger partial charge in [0.15, 0.2) is 0 Å². The zero-order valence-electron chi connectivity index (χ0n) is 15.7. The van der Waals surface area contributed by atoms with Crippen LogP contribution in [0.1, 0.15) is 37.7 Å². The Morgan fingerprint density at radius 3 is 2.78 bits per heavy atom. The smallest absolute Gasteiger partial charge is 0.224 e. The molecule has 0 aliphatic carbocycles. The van der Waals surface area contributed by atoms with Crippen LogP contribution in [0.3, 0.4) is 0 Å². The molecule has 140 valence electrons. The molecule has 0 spiro atoms. The fourth-order valence-corrected chi connectivity index (χ4v) is 3.93. The number of para-hydroxylation sites is 1. The third-order valence-electron chi connectivity index (χ3n) is 5.38. The molecule has 0 unspecified atom stereocenters. The lowest BCUT2D eigenvalue weighted by Gasteiger charge is -2.29. The Morgan fingerprint density at radius 1 is 1.04 bits per heavy atom. The summed E-state index contributed by atoms with van der Waals surface area (Å²) in [6.07, 6.45) is 8.18. The number of hydrogen-bond acceptors (Lipinski definition) is 2. The maximum atomic E-state index is 12.4. The molecule has 27 heavy (non-hydrogen) atoms. The summed E-state index contributed by atoms with van der Waals surface area (Å²) < 4.78 is 0. The lowest BCUT2D eigenvalue weighted by molar-refractivity contribution is -0.116. The number of anilines is 2. The monoisotopic (exact) mass is 361 g/mol. The summed E-state index contributed by atoms with van der Waals surface area (Å²) in [4.78, 5) is 18.1. The van der Waals surface area contributed by atoms with Gasteiger partial charge in [-0.1, -0.05) is 24.3 Å². The SMILES string of the molecule is O=C(CCCc1c[nH]c2ccccc12)Nc1cccc(N2CCCCC2)c1. The largest absolute Gasteiger partial charge is 0.371 e. The Kier molecular flexibility index (Phi) is 5.42. The highest BCUT2D eigenvalue weighted by Crippen LogP contribution is 2.23. The second-order valence-corrected chi connectivity index (χ2v) is 7.36. The van der Waals surface area contributed by atoms with Crippen LogP contribution in [0.15, 0.2) is 54.7 Å². The highest BCUT2D eigenvalue weighted by molar-refractivity contribution is 5.91. The van der Waals surface area contributed by atoms with Crippen molar-refractivity contribution in [3.05, 3.63) is 60.3 Å². The van der Waals surface area contributed by atoms with Gasteiger partial charge < -0.3 is 15.2 Å². The van der Waals surface area contributed by atoms with E-state index in [-0.39, 0.29) is 5.91 Å². The van der Waals surface area contributed by atoms with Gasteiger partial charge in [-0.3, -0.25) is 4.79 Å². The summed E-state index contributed by atoms with van der Waals surface area (Å²) in [6.45, 7) is 2.23. The number of piperidine rings is 1. The van der Waals surface area contributed by atoms with Gasteiger partial charge in [0.25, 0.3) is 0 Å². The van der Waals surface area contributed by atoms with Crippen LogP contribution in [-0.2, 0) is 11.2 Å². The maximum Gasteiger partial charge on any atom is 0.224 e. The summed E-state index contributed by atoms with van der Waals surface area (Å²) in [5.41, 5.74) is 4.55. The number of carbonyl (C=O) groups is 1. The molecule has 1 fully saturated rings. The van der Waals surface area contributed by atoms with Gasteiger partial charge in [0.05, 0.1) is 0 Å². The molecule has 0 atom stereocenters. The van der Waals surface area contributed by atoms with E-state index in [4.69, 9.17) is 0 Å². The average Bonchev–Trinajstić information content (AvgIpc) is 3.12. The molecule has 0 radical (unpaired) electrons. The van der Waals surface area contributed by atoms with Gasteiger partial charge in [-0.25, -0.2) is 0 Å². The average molecular weight is 361 g/mol. The molecule has 4 rings (SSSR count). The molecule has 2 aromatic carbocycles. The van der Waals surface area contributed by atoms with Crippen molar-refractivity contribution in [1.29, 1.82) is 0 Å². The number of nitrogens with zero attached hydrogens (tertiary/aromatic N) is 1. The van der Waals surface area contributed by atoms with Crippen molar-refractivity contribution < 1.29 is 4.79 Å². The summed E-state index contributed by atoms with van der Waals surface area (Å²) in [5.74, 6) is 0.0886. The van der Waals surface area contributed by atoms with E-state index in [1.165, 1.54) is 35.9 Å². The quantitative estimate of drug-likeness (QED) is 0.640. The lowest BCUT2D eigenvalue weighted by atomic mass is 10.1. The van der Waals surface area contributed by atoms with Crippen LogP contribution in [0.25, 0.3) is 10.9 Å². The molecule has 1 aliphatic heterocycles. The number of aromatic amines is 1. The van der Waals surface area contributed by atoms with Crippen molar-refractivity contribution >= 4 is 28.2 Å². The summed E-state index contributed by atoms with van der Waals surface area (Å²) in [5, 5.41) is 4.32. The Bertz CT molecular complexity index is 909. The van der Waals surface area contributed by atoms with E-state index in [0.717, 1.165) is 37.1 Å². The van der Waals surface area contributed by atoms with Crippen LogP contribution in [0.4, 0.5) is 11.4 Å². The molecule has 1 aliphatic rings. The molecule has 0 bridgehead atoms. The number of amides is 1. The first-order valence-corrected chi connectivity index (χ1v) is 9.99. The Labute approximate surface area is 160 Å². The van der Waals surface area contributed by atoms with Crippen molar-refractivity contribution in [1.82, 2.24) is 4.98 Å². The molecule has 1 saturated heterocycles. The lowest BCUT2D eigenvalue weighted by Crippen LogP contribution is -2.29. The summed E-state index contributed by atoms with van der Waals surface area (Å²) in [7, 11) is 0. The van der Waals surface area contributed by atoms with Gasteiger partial charge in [0.1, 0.15) is 0 Å². The number of nitrogens with one attached hydrogen (secondary N) is 2. The minimum Gasteiger partial charge on any atom is -0.371 e. The minimum atomic E-state index is 0.0886. The van der Waals surface area contributed by atoms with Gasteiger partial charge in [0.2, 0.25) is 5.91 Å². The van der Waals surface area contributed by atoms with Crippen molar-refractivity contribution in [3.63, 3.8) is 0 Å². The first kappa shape index (κ1) is 17.7. The number of H-pyrrole nitrogens is 1. The topological polar surface area (TPSA) is 48.1 Å². The molecule has 4 nitrogen and oxygen atoms in total. The van der Waals surface area contributed by atoms with Gasteiger partial charge in [-0.05, 0) is 61.9 Å². The van der Waals surface area contributed by atoms with Crippen LogP contribution in [0.5, 0.6) is 0 Å². The van der Waals surface area contributed by atoms with E-state index in [9.17, 15) is 4.79 Å². The van der Waals surface area contributed by atoms with Crippen molar-refractivity contribution in [2.75, 3.05) is 23.3 Å². The Balaban J connectivity index is 1.30.